The first-order valence-corrected chi connectivity index (χ1v) is 6.68. The van der Waals surface area contributed by atoms with Crippen LogP contribution >= 0.6 is 0 Å². The minimum absolute atomic E-state index is 0.0905. The lowest BCUT2D eigenvalue weighted by atomic mass is 10.1. The van der Waals surface area contributed by atoms with Crippen molar-refractivity contribution in [3.8, 4) is 17.0 Å². The summed E-state index contributed by atoms with van der Waals surface area (Å²) in [5, 5.41) is 5.03. The van der Waals surface area contributed by atoms with E-state index in [1.54, 1.807) is 31.5 Å². The second-order valence-electron chi connectivity index (χ2n) is 3.66. The maximum absolute atomic E-state index is 11.1. The minimum Gasteiger partial charge on any atom is -0.481 e. The van der Waals surface area contributed by atoms with Crippen molar-refractivity contribution < 1.29 is 13.2 Å². The molecule has 0 spiro atoms. The predicted molar refractivity (Wildman–Crippen MR) is 67.6 cm³/mol. The average molecular weight is 264 g/mol. The highest BCUT2D eigenvalue weighted by Gasteiger charge is 2.07. The van der Waals surface area contributed by atoms with Gasteiger partial charge in [-0.3, -0.25) is 0 Å². The fourth-order valence-electron chi connectivity index (χ4n) is 1.51. The Balaban J connectivity index is 2.34. The number of ether oxygens (including phenoxy) is 1. The lowest BCUT2D eigenvalue weighted by molar-refractivity contribution is 0.398. The van der Waals surface area contributed by atoms with Crippen LogP contribution in [0.3, 0.4) is 0 Å². The summed E-state index contributed by atoms with van der Waals surface area (Å²) >= 11 is 0. The van der Waals surface area contributed by atoms with E-state index < -0.39 is 10.0 Å². The van der Waals surface area contributed by atoms with E-state index in [-0.39, 0.29) is 4.90 Å². The number of nitrogens with two attached hydrogens (primary N) is 1. The lowest BCUT2D eigenvalue weighted by Gasteiger charge is -2.04. The molecule has 2 aromatic rings. The Morgan fingerprint density at radius 3 is 2.11 bits per heavy atom. The van der Waals surface area contributed by atoms with Crippen molar-refractivity contribution >= 4 is 10.0 Å². The van der Waals surface area contributed by atoms with Crippen LogP contribution in [-0.2, 0) is 10.0 Å². The van der Waals surface area contributed by atoms with Gasteiger partial charge in [0, 0.05) is 17.8 Å². The van der Waals surface area contributed by atoms with Gasteiger partial charge in [0.05, 0.1) is 12.0 Å². The highest BCUT2D eigenvalue weighted by molar-refractivity contribution is 7.89. The van der Waals surface area contributed by atoms with Gasteiger partial charge < -0.3 is 4.74 Å². The van der Waals surface area contributed by atoms with Gasteiger partial charge in [-0.25, -0.2) is 18.5 Å². The van der Waals surface area contributed by atoms with Gasteiger partial charge in [0.2, 0.25) is 15.9 Å². The van der Waals surface area contributed by atoms with Crippen molar-refractivity contribution in [2.24, 2.45) is 5.14 Å². The van der Waals surface area contributed by atoms with E-state index in [9.17, 15) is 8.42 Å². The zero-order chi connectivity index (χ0) is 13.2. The van der Waals surface area contributed by atoms with Crippen molar-refractivity contribution in [1.29, 1.82) is 0 Å². The van der Waals surface area contributed by atoms with E-state index in [0.29, 0.717) is 5.88 Å². The van der Waals surface area contributed by atoms with Gasteiger partial charge in [-0.05, 0) is 23.8 Å². The fraction of sp³-hybridized carbons (Fsp3) is 0.0833. The van der Waals surface area contributed by atoms with Gasteiger partial charge in [0.1, 0.15) is 0 Å². The topological polar surface area (TPSA) is 82.3 Å². The third-order valence-corrected chi connectivity index (χ3v) is 3.39. The smallest absolute Gasteiger partial charge is 0.238 e. The van der Waals surface area contributed by atoms with Crippen molar-refractivity contribution in [2.75, 3.05) is 7.11 Å². The molecule has 94 valence electrons. The Kier molecular flexibility index (Phi) is 3.31. The molecule has 0 atom stereocenters. The average Bonchev–Trinajstić information content (AvgIpc) is 2.38. The summed E-state index contributed by atoms with van der Waals surface area (Å²) in [5.41, 5.74) is 1.73. The minimum atomic E-state index is -3.65. The second-order valence-corrected chi connectivity index (χ2v) is 5.22. The first-order valence-electron chi connectivity index (χ1n) is 5.14. The van der Waals surface area contributed by atoms with Crippen molar-refractivity contribution in [3.05, 3.63) is 42.6 Å². The Morgan fingerprint density at radius 1 is 1.06 bits per heavy atom. The SMILES string of the molecule is COc1ccc(-c2ccc(S(N)(=O)=O)cc2)cn1. The zero-order valence-corrected chi connectivity index (χ0v) is 10.5. The van der Waals surface area contributed by atoms with E-state index in [0.717, 1.165) is 11.1 Å². The number of rotatable bonds is 3. The summed E-state index contributed by atoms with van der Waals surface area (Å²) < 4.78 is 27.2. The third-order valence-electron chi connectivity index (χ3n) is 2.46. The molecule has 5 nitrogen and oxygen atoms in total. The third kappa shape index (κ3) is 2.66. The summed E-state index contributed by atoms with van der Waals surface area (Å²) in [5.74, 6) is 0.528. The number of hydrogen-bond acceptors (Lipinski definition) is 4. The first-order chi connectivity index (χ1) is 8.50. The molecule has 0 saturated heterocycles. The zero-order valence-electron chi connectivity index (χ0n) is 9.70. The van der Waals surface area contributed by atoms with Crippen LogP contribution in [0, 0.1) is 0 Å². The molecular weight excluding hydrogens is 252 g/mol. The largest absolute Gasteiger partial charge is 0.481 e. The summed E-state index contributed by atoms with van der Waals surface area (Å²) in [6.45, 7) is 0. The van der Waals surface area contributed by atoms with Crippen LogP contribution in [0.4, 0.5) is 0 Å². The number of sulfonamides is 1. The molecule has 18 heavy (non-hydrogen) atoms. The van der Waals surface area contributed by atoms with Gasteiger partial charge in [-0.1, -0.05) is 12.1 Å². The normalized spacial score (nSPS) is 11.2. The Morgan fingerprint density at radius 2 is 1.67 bits per heavy atom. The molecule has 1 aromatic heterocycles. The van der Waals surface area contributed by atoms with Crippen LogP contribution in [0.15, 0.2) is 47.5 Å². The molecule has 0 radical (unpaired) electrons. The fourth-order valence-corrected chi connectivity index (χ4v) is 2.02. The number of nitrogens with zero attached hydrogens (tertiary/aromatic N) is 1. The van der Waals surface area contributed by atoms with E-state index in [2.05, 4.69) is 4.98 Å². The standard InChI is InChI=1S/C12H12N2O3S/c1-17-12-7-4-10(8-14-12)9-2-5-11(6-3-9)18(13,15)16/h2-8H,1H3,(H2,13,15,16). The molecule has 0 aliphatic heterocycles. The second kappa shape index (κ2) is 4.75. The van der Waals surface area contributed by atoms with Crippen molar-refractivity contribution in [2.45, 2.75) is 4.90 Å². The molecule has 0 saturated carbocycles. The molecule has 0 aliphatic carbocycles. The van der Waals surface area contributed by atoms with Crippen LogP contribution in [0.25, 0.3) is 11.1 Å². The lowest BCUT2D eigenvalue weighted by Crippen LogP contribution is -2.11. The van der Waals surface area contributed by atoms with Crippen LogP contribution in [0.5, 0.6) is 5.88 Å². The number of pyridine rings is 1. The van der Waals surface area contributed by atoms with Crippen LogP contribution in [-0.4, -0.2) is 20.5 Å². The van der Waals surface area contributed by atoms with Crippen LogP contribution in [0.2, 0.25) is 0 Å². The van der Waals surface area contributed by atoms with E-state index >= 15 is 0 Å². The number of methoxy groups -OCH3 is 1. The van der Waals surface area contributed by atoms with E-state index in [1.807, 2.05) is 6.07 Å². The van der Waals surface area contributed by atoms with Gasteiger partial charge in [-0.2, -0.15) is 0 Å². The highest BCUT2D eigenvalue weighted by Crippen LogP contribution is 2.21. The molecule has 0 unspecified atom stereocenters. The van der Waals surface area contributed by atoms with Gasteiger partial charge in [0.25, 0.3) is 0 Å². The van der Waals surface area contributed by atoms with Crippen molar-refractivity contribution in [3.63, 3.8) is 0 Å². The summed E-state index contributed by atoms with van der Waals surface area (Å²) in [4.78, 5) is 4.17. The monoisotopic (exact) mass is 264 g/mol. The van der Waals surface area contributed by atoms with Gasteiger partial charge in [-0.15, -0.1) is 0 Å². The summed E-state index contributed by atoms with van der Waals surface area (Å²) in [6.07, 6.45) is 1.66. The van der Waals surface area contributed by atoms with Crippen LogP contribution in [0.1, 0.15) is 0 Å². The molecular formula is C12H12N2O3S. The molecule has 0 bridgehead atoms. The maximum Gasteiger partial charge on any atom is 0.238 e. The Labute approximate surface area is 105 Å². The van der Waals surface area contributed by atoms with Gasteiger partial charge >= 0.3 is 0 Å². The first kappa shape index (κ1) is 12.5. The molecule has 2 rings (SSSR count). The Bertz CT molecular complexity index is 634. The van der Waals surface area contributed by atoms with E-state index in [1.165, 1.54) is 12.1 Å². The van der Waals surface area contributed by atoms with E-state index in [4.69, 9.17) is 9.88 Å². The number of hydrogen-bond donors (Lipinski definition) is 1. The Hall–Kier alpha value is -1.92. The molecule has 2 N–H and O–H groups in total. The number of aromatic nitrogens is 1. The van der Waals surface area contributed by atoms with Crippen molar-refractivity contribution in [1.82, 2.24) is 4.98 Å². The van der Waals surface area contributed by atoms with Crippen LogP contribution < -0.4 is 9.88 Å². The number of primary sulfonamides is 1. The highest BCUT2D eigenvalue weighted by atomic mass is 32.2. The molecule has 1 aromatic carbocycles. The number of benzene rings is 1. The molecule has 0 amide bonds. The predicted octanol–water partition coefficient (Wildman–Crippen LogP) is 1.40. The molecule has 0 aliphatic rings. The molecule has 6 heteroatoms. The maximum atomic E-state index is 11.1. The molecule has 1 heterocycles. The summed E-state index contributed by atoms with van der Waals surface area (Å²) in [6, 6.07) is 9.89. The summed E-state index contributed by atoms with van der Waals surface area (Å²) in [7, 11) is -2.10. The van der Waals surface area contributed by atoms with Gasteiger partial charge in [0.15, 0.2) is 0 Å². The quantitative estimate of drug-likeness (QED) is 0.908. The molecule has 0 fully saturated rings.